The maximum absolute atomic E-state index is 6.02. The molecule has 1 saturated heterocycles. The molecule has 1 aliphatic rings. The molecule has 1 unspecified atom stereocenters. The second-order valence-electron chi connectivity index (χ2n) is 5.81. The first-order valence-electron chi connectivity index (χ1n) is 7.79. The van der Waals surface area contributed by atoms with Crippen molar-refractivity contribution >= 4 is 0 Å². The molecule has 0 aromatic heterocycles. The van der Waals surface area contributed by atoms with Crippen LogP contribution in [0.3, 0.4) is 0 Å². The quantitative estimate of drug-likeness (QED) is 0.874. The average Bonchev–Trinajstić information content (AvgIpc) is 2.49. The van der Waals surface area contributed by atoms with E-state index in [0.29, 0.717) is 17.5 Å². The molecule has 0 aliphatic carbocycles. The smallest absolute Gasteiger partial charge is 0.203 e. The van der Waals surface area contributed by atoms with E-state index < -0.39 is 0 Å². The summed E-state index contributed by atoms with van der Waals surface area (Å²) in [5.41, 5.74) is 1.18. The van der Waals surface area contributed by atoms with Crippen molar-refractivity contribution in [1.82, 2.24) is 5.32 Å². The lowest BCUT2D eigenvalue weighted by Crippen LogP contribution is -2.35. The number of nitrogens with one attached hydrogen (secondary N) is 1. The summed E-state index contributed by atoms with van der Waals surface area (Å²) in [4.78, 5) is 0. The van der Waals surface area contributed by atoms with Gasteiger partial charge in [0, 0.05) is 6.04 Å². The van der Waals surface area contributed by atoms with E-state index in [-0.39, 0.29) is 6.10 Å². The van der Waals surface area contributed by atoms with Gasteiger partial charge in [-0.25, -0.2) is 0 Å². The van der Waals surface area contributed by atoms with Crippen LogP contribution in [0.15, 0.2) is 12.1 Å². The molecule has 0 bridgehead atoms. The molecule has 1 fully saturated rings. The Morgan fingerprint density at radius 2 is 1.95 bits per heavy atom. The molecule has 4 nitrogen and oxygen atoms in total. The third-order valence-corrected chi connectivity index (χ3v) is 3.81. The highest BCUT2D eigenvalue weighted by Gasteiger charge is 2.21. The Bertz CT molecular complexity index is 454. The SMILES string of the molecule is COc1ccc(CC2CCCCN2)c(OC(C)C)c1OC. The lowest BCUT2D eigenvalue weighted by Gasteiger charge is -2.26. The van der Waals surface area contributed by atoms with Gasteiger partial charge in [0.1, 0.15) is 0 Å². The van der Waals surface area contributed by atoms with Gasteiger partial charge in [0.15, 0.2) is 11.5 Å². The van der Waals surface area contributed by atoms with Crippen molar-refractivity contribution in [3.63, 3.8) is 0 Å². The molecule has 118 valence electrons. The zero-order valence-corrected chi connectivity index (χ0v) is 13.6. The van der Waals surface area contributed by atoms with Crippen molar-refractivity contribution in [2.45, 2.75) is 51.7 Å². The van der Waals surface area contributed by atoms with E-state index in [2.05, 4.69) is 11.4 Å². The van der Waals surface area contributed by atoms with Crippen LogP contribution in [-0.2, 0) is 6.42 Å². The van der Waals surface area contributed by atoms with E-state index in [1.54, 1.807) is 14.2 Å². The van der Waals surface area contributed by atoms with Gasteiger partial charge in [0.25, 0.3) is 0 Å². The fourth-order valence-electron chi connectivity index (χ4n) is 2.83. The lowest BCUT2D eigenvalue weighted by atomic mass is 9.97. The Balaban J connectivity index is 2.29. The minimum atomic E-state index is 0.101. The predicted molar refractivity (Wildman–Crippen MR) is 84.7 cm³/mol. The van der Waals surface area contributed by atoms with Crippen LogP contribution in [0.4, 0.5) is 0 Å². The van der Waals surface area contributed by atoms with E-state index in [4.69, 9.17) is 14.2 Å². The molecule has 1 aromatic rings. The summed E-state index contributed by atoms with van der Waals surface area (Å²) in [7, 11) is 3.31. The summed E-state index contributed by atoms with van der Waals surface area (Å²) in [5, 5.41) is 3.59. The van der Waals surface area contributed by atoms with Crippen LogP contribution in [0.25, 0.3) is 0 Å². The van der Waals surface area contributed by atoms with Crippen molar-refractivity contribution in [3.8, 4) is 17.2 Å². The number of methoxy groups -OCH3 is 2. The van der Waals surface area contributed by atoms with Gasteiger partial charge in [-0.3, -0.25) is 0 Å². The molecule has 0 amide bonds. The van der Waals surface area contributed by atoms with Crippen LogP contribution in [0, 0.1) is 0 Å². The maximum Gasteiger partial charge on any atom is 0.203 e. The van der Waals surface area contributed by atoms with Crippen molar-refractivity contribution in [2.24, 2.45) is 0 Å². The van der Waals surface area contributed by atoms with Gasteiger partial charge in [0.2, 0.25) is 5.75 Å². The Kier molecular flexibility index (Phi) is 5.74. The third-order valence-electron chi connectivity index (χ3n) is 3.81. The molecule has 0 saturated carbocycles. The molecule has 1 atom stereocenters. The molecule has 21 heavy (non-hydrogen) atoms. The lowest BCUT2D eigenvalue weighted by molar-refractivity contribution is 0.223. The van der Waals surface area contributed by atoms with E-state index >= 15 is 0 Å². The monoisotopic (exact) mass is 293 g/mol. The molecule has 1 aromatic carbocycles. The number of rotatable bonds is 6. The first kappa shape index (κ1) is 16.0. The highest BCUT2D eigenvalue weighted by Crippen LogP contribution is 2.41. The molecule has 0 spiro atoms. The number of hydrogen-bond acceptors (Lipinski definition) is 4. The Labute approximate surface area is 127 Å². The largest absolute Gasteiger partial charge is 0.493 e. The Morgan fingerprint density at radius 1 is 1.14 bits per heavy atom. The number of benzene rings is 1. The first-order valence-corrected chi connectivity index (χ1v) is 7.79. The molecular weight excluding hydrogens is 266 g/mol. The molecule has 1 heterocycles. The van der Waals surface area contributed by atoms with E-state index in [0.717, 1.165) is 18.7 Å². The molecule has 0 radical (unpaired) electrons. The number of hydrogen-bond donors (Lipinski definition) is 1. The normalized spacial score (nSPS) is 18.6. The van der Waals surface area contributed by atoms with Crippen molar-refractivity contribution < 1.29 is 14.2 Å². The molecule has 1 aliphatic heterocycles. The van der Waals surface area contributed by atoms with Gasteiger partial charge in [-0.05, 0) is 51.3 Å². The van der Waals surface area contributed by atoms with E-state index in [9.17, 15) is 0 Å². The highest BCUT2D eigenvalue weighted by molar-refractivity contribution is 5.56. The van der Waals surface area contributed by atoms with Crippen LogP contribution in [0.1, 0.15) is 38.7 Å². The van der Waals surface area contributed by atoms with Gasteiger partial charge in [-0.15, -0.1) is 0 Å². The summed E-state index contributed by atoms with van der Waals surface area (Å²) >= 11 is 0. The van der Waals surface area contributed by atoms with Gasteiger partial charge >= 0.3 is 0 Å². The fourth-order valence-corrected chi connectivity index (χ4v) is 2.83. The first-order chi connectivity index (χ1) is 10.2. The van der Waals surface area contributed by atoms with Gasteiger partial charge in [-0.1, -0.05) is 12.5 Å². The maximum atomic E-state index is 6.02. The topological polar surface area (TPSA) is 39.7 Å². The summed E-state index contributed by atoms with van der Waals surface area (Å²) in [6.07, 6.45) is 4.85. The summed E-state index contributed by atoms with van der Waals surface area (Å²) in [6, 6.07) is 4.57. The Hall–Kier alpha value is -1.42. The average molecular weight is 293 g/mol. The second-order valence-corrected chi connectivity index (χ2v) is 5.81. The van der Waals surface area contributed by atoms with E-state index in [1.807, 2.05) is 19.9 Å². The zero-order chi connectivity index (χ0) is 15.2. The number of ether oxygens (including phenoxy) is 3. The molecule has 2 rings (SSSR count). The Morgan fingerprint density at radius 3 is 2.52 bits per heavy atom. The predicted octanol–water partition coefficient (Wildman–Crippen LogP) is 3.18. The van der Waals surface area contributed by atoms with Crippen LogP contribution in [0.2, 0.25) is 0 Å². The standard InChI is InChI=1S/C17H27NO3/c1-12(2)21-16-13(11-14-7-5-6-10-18-14)8-9-15(19-3)17(16)20-4/h8-9,12,14,18H,5-7,10-11H2,1-4H3. The number of piperidine rings is 1. The highest BCUT2D eigenvalue weighted by atomic mass is 16.5. The van der Waals surface area contributed by atoms with Crippen molar-refractivity contribution in [1.29, 1.82) is 0 Å². The zero-order valence-electron chi connectivity index (χ0n) is 13.6. The summed E-state index contributed by atoms with van der Waals surface area (Å²) < 4.78 is 16.9. The minimum absolute atomic E-state index is 0.101. The molecule has 1 N–H and O–H groups in total. The van der Waals surface area contributed by atoms with E-state index in [1.165, 1.54) is 24.8 Å². The fraction of sp³-hybridized carbons (Fsp3) is 0.647. The minimum Gasteiger partial charge on any atom is -0.493 e. The van der Waals surface area contributed by atoms with Crippen LogP contribution in [-0.4, -0.2) is 32.9 Å². The molecule has 4 heteroatoms. The van der Waals surface area contributed by atoms with Gasteiger partial charge in [-0.2, -0.15) is 0 Å². The van der Waals surface area contributed by atoms with Crippen LogP contribution < -0.4 is 19.5 Å². The van der Waals surface area contributed by atoms with Crippen LogP contribution >= 0.6 is 0 Å². The van der Waals surface area contributed by atoms with Crippen molar-refractivity contribution in [2.75, 3.05) is 20.8 Å². The third kappa shape index (κ3) is 4.03. The van der Waals surface area contributed by atoms with Crippen molar-refractivity contribution in [3.05, 3.63) is 17.7 Å². The van der Waals surface area contributed by atoms with Gasteiger partial charge in [0.05, 0.1) is 20.3 Å². The summed E-state index contributed by atoms with van der Waals surface area (Å²) in [6.45, 7) is 5.17. The van der Waals surface area contributed by atoms with Gasteiger partial charge < -0.3 is 19.5 Å². The van der Waals surface area contributed by atoms with Crippen LogP contribution in [0.5, 0.6) is 17.2 Å². The second kappa shape index (κ2) is 7.55. The molecular formula is C17H27NO3. The summed E-state index contributed by atoms with van der Waals surface area (Å²) in [5.74, 6) is 2.23.